The van der Waals surface area contributed by atoms with Gasteiger partial charge in [0.25, 0.3) is 0 Å². The van der Waals surface area contributed by atoms with E-state index in [1.54, 1.807) is 12.1 Å². The molecule has 2 rings (SSSR count). The van der Waals surface area contributed by atoms with Gasteiger partial charge >= 0.3 is 5.97 Å². The highest BCUT2D eigenvalue weighted by Crippen LogP contribution is 2.25. The van der Waals surface area contributed by atoms with E-state index in [4.69, 9.17) is 14.6 Å². The quantitative estimate of drug-likeness (QED) is 0.637. The van der Waals surface area contributed by atoms with Gasteiger partial charge in [-0.1, -0.05) is 30.3 Å². The summed E-state index contributed by atoms with van der Waals surface area (Å²) in [7, 11) is 0. The van der Waals surface area contributed by atoms with E-state index in [9.17, 15) is 4.79 Å². The van der Waals surface area contributed by atoms with Crippen molar-refractivity contribution in [3.63, 3.8) is 0 Å². The van der Waals surface area contributed by atoms with Gasteiger partial charge in [0.1, 0.15) is 18.1 Å². The Bertz CT molecular complexity index is 725. The molecule has 0 radical (unpaired) electrons. The summed E-state index contributed by atoms with van der Waals surface area (Å²) in [6.07, 6.45) is 1.13. The number of carbonyl (C=O) groups is 1. The maximum atomic E-state index is 10.8. The molecular weight excluding hydrogens is 419 g/mol. The lowest BCUT2D eigenvalue weighted by Crippen LogP contribution is -2.23. The molecule has 5 heteroatoms. The summed E-state index contributed by atoms with van der Waals surface area (Å²) >= 11 is 2.29. The minimum Gasteiger partial charge on any atom is -0.489 e. The summed E-state index contributed by atoms with van der Waals surface area (Å²) < 4.78 is 12.3. The van der Waals surface area contributed by atoms with E-state index < -0.39 is 12.1 Å². The second-order valence-corrected chi connectivity index (χ2v) is 6.42. The minimum absolute atomic E-state index is 0.457. The molecule has 0 aliphatic carbocycles. The van der Waals surface area contributed by atoms with Crippen LogP contribution < -0.4 is 9.47 Å². The summed E-state index contributed by atoms with van der Waals surface area (Å²) in [6, 6.07) is 15.5. The Morgan fingerprint density at radius 1 is 1.25 bits per heavy atom. The van der Waals surface area contributed by atoms with Crippen molar-refractivity contribution < 1.29 is 19.4 Å². The normalized spacial score (nSPS) is 12.5. The van der Waals surface area contributed by atoms with Crippen molar-refractivity contribution in [1.29, 1.82) is 0 Å². The maximum Gasteiger partial charge on any atom is 0.344 e. The fourth-order valence-corrected chi connectivity index (χ4v) is 2.55. The molecule has 1 unspecified atom stereocenters. The standard InChI is InChI=1S/C19H19IO4/c1-13-12-16(8-9-18(13)24-14(2)19(21)22)23-11-10-17(20)15-6-4-3-5-7-15/h3-10,12,14H,11H2,1-2H3,(H,21,22). The van der Waals surface area contributed by atoms with Crippen molar-refractivity contribution in [1.82, 2.24) is 0 Å². The zero-order chi connectivity index (χ0) is 17.5. The van der Waals surface area contributed by atoms with E-state index in [0.29, 0.717) is 12.4 Å². The zero-order valence-corrected chi connectivity index (χ0v) is 15.7. The first-order chi connectivity index (χ1) is 11.5. The van der Waals surface area contributed by atoms with Gasteiger partial charge in [0, 0.05) is 3.58 Å². The second kappa shape index (κ2) is 8.73. The molecule has 0 aromatic heterocycles. The molecule has 1 atom stereocenters. The molecule has 0 aliphatic heterocycles. The van der Waals surface area contributed by atoms with Gasteiger partial charge in [-0.05, 0) is 71.8 Å². The Labute approximate surface area is 155 Å². The summed E-state index contributed by atoms with van der Waals surface area (Å²) in [5.74, 6) is 0.276. The lowest BCUT2D eigenvalue weighted by molar-refractivity contribution is -0.144. The topological polar surface area (TPSA) is 55.8 Å². The molecule has 126 valence electrons. The zero-order valence-electron chi connectivity index (χ0n) is 13.5. The fraction of sp³-hybridized carbons (Fsp3) is 0.211. The Hall–Kier alpha value is -2.02. The Balaban J connectivity index is 1.96. The highest BCUT2D eigenvalue weighted by molar-refractivity contribution is 14.1. The molecule has 4 nitrogen and oxygen atoms in total. The molecule has 0 bridgehead atoms. The Morgan fingerprint density at radius 3 is 2.58 bits per heavy atom. The van der Waals surface area contributed by atoms with E-state index >= 15 is 0 Å². The highest BCUT2D eigenvalue weighted by atomic mass is 127. The Kier molecular flexibility index (Phi) is 6.66. The van der Waals surface area contributed by atoms with Crippen molar-refractivity contribution in [3.8, 4) is 11.5 Å². The van der Waals surface area contributed by atoms with E-state index in [1.807, 2.05) is 37.3 Å². The first kappa shape index (κ1) is 18.3. The summed E-state index contributed by atoms with van der Waals surface area (Å²) in [5.41, 5.74) is 1.99. The smallest absolute Gasteiger partial charge is 0.344 e. The highest BCUT2D eigenvalue weighted by Gasteiger charge is 2.13. The van der Waals surface area contributed by atoms with E-state index in [2.05, 4.69) is 34.7 Å². The number of hydrogen-bond acceptors (Lipinski definition) is 3. The van der Waals surface area contributed by atoms with Crippen molar-refractivity contribution in [2.24, 2.45) is 0 Å². The lowest BCUT2D eigenvalue weighted by atomic mass is 10.2. The van der Waals surface area contributed by atoms with Gasteiger partial charge in [0.15, 0.2) is 6.10 Å². The number of carboxylic acids is 1. The van der Waals surface area contributed by atoms with E-state index in [-0.39, 0.29) is 0 Å². The number of halogens is 1. The van der Waals surface area contributed by atoms with Gasteiger partial charge < -0.3 is 14.6 Å². The average Bonchev–Trinajstić information content (AvgIpc) is 2.57. The molecule has 0 aliphatic rings. The van der Waals surface area contributed by atoms with Crippen LogP contribution in [0.3, 0.4) is 0 Å². The number of ether oxygens (including phenoxy) is 2. The van der Waals surface area contributed by atoms with Crippen LogP contribution in [0.15, 0.2) is 54.6 Å². The van der Waals surface area contributed by atoms with Gasteiger partial charge in [-0.25, -0.2) is 4.79 Å². The molecule has 0 heterocycles. The summed E-state index contributed by atoms with van der Waals surface area (Å²) in [5, 5.41) is 8.89. The first-order valence-corrected chi connectivity index (χ1v) is 8.59. The molecule has 2 aromatic rings. The van der Waals surface area contributed by atoms with Crippen LogP contribution in [-0.2, 0) is 4.79 Å². The first-order valence-electron chi connectivity index (χ1n) is 7.51. The third-order valence-corrected chi connectivity index (χ3v) is 4.42. The van der Waals surface area contributed by atoms with Gasteiger partial charge in [0.05, 0.1) is 0 Å². The molecule has 0 saturated carbocycles. The number of benzene rings is 2. The predicted molar refractivity (Wildman–Crippen MR) is 103 cm³/mol. The maximum absolute atomic E-state index is 10.8. The molecular formula is C19H19IO4. The predicted octanol–water partition coefficient (Wildman–Crippen LogP) is 4.70. The number of hydrogen-bond donors (Lipinski definition) is 1. The fourth-order valence-electron chi connectivity index (χ4n) is 2.01. The van der Waals surface area contributed by atoms with Crippen LogP contribution in [0.5, 0.6) is 11.5 Å². The van der Waals surface area contributed by atoms with Gasteiger partial charge in [-0.2, -0.15) is 0 Å². The molecule has 24 heavy (non-hydrogen) atoms. The largest absolute Gasteiger partial charge is 0.489 e. The second-order valence-electron chi connectivity index (χ2n) is 5.25. The lowest BCUT2D eigenvalue weighted by Gasteiger charge is -2.13. The number of aliphatic carboxylic acids is 1. The number of carboxylic acid groups (broad SMARTS) is 1. The van der Waals surface area contributed by atoms with Crippen LogP contribution >= 0.6 is 22.6 Å². The summed E-state index contributed by atoms with van der Waals surface area (Å²) in [6.45, 7) is 3.82. The van der Waals surface area contributed by atoms with Crippen molar-refractivity contribution >= 4 is 32.1 Å². The monoisotopic (exact) mass is 438 g/mol. The van der Waals surface area contributed by atoms with Crippen LogP contribution in [0.1, 0.15) is 18.1 Å². The molecule has 0 spiro atoms. The van der Waals surface area contributed by atoms with E-state index in [0.717, 1.165) is 20.5 Å². The molecule has 0 saturated heterocycles. The molecule has 2 aromatic carbocycles. The van der Waals surface area contributed by atoms with E-state index in [1.165, 1.54) is 6.92 Å². The van der Waals surface area contributed by atoms with Gasteiger partial charge in [-0.15, -0.1) is 0 Å². The molecule has 1 N–H and O–H groups in total. The van der Waals surface area contributed by atoms with Gasteiger partial charge in [-0.3, -0.25) is 0 Å². The number of aryl methyl sites for hydroxylation is 1. The SMILES string of the molecule is Cc1cc(OCC=C(I)c2ccccc2)ccc1OC(C)C(=O)O. The van der Waals surface area contributed by atoms with Crippen LogP contribution in [0, 0.1) is 6.92 Å². The minimum atomic E-state index is -0.990. The average molecular weight is 438 g/mol. The van der Waals surface area contributed by atoms with Crippen LogP contribution in [0.25, 0.3) is 3.58 Å². The van der Waals surface area contributed by atoms with Crippen molar-refractivity contribution in [3.05, 3.63) is 65.7 Å². The van der Waals surface area contributed by atoms with Crippen LogP contribution in [0.4, 0.5) is 0 Å². The van der Waals surface area contributed by atoms with Gasteiger partial charge in [0.2, 0.25) is 0 Å². The van der Waals surface area contributed by atoms with Crippen LogP contribution in [0.2, 0.25) is 0 Å². The number of rotatable bonds is 7. The van der Waals surface area contributed by atoms with Crippen LogP contribution in [-0.4, -0.2) is 23.8 Å². The third kappa shape index (κ3) is 5.26. The molecule has 0 amide bonds. The van der Waals surface area contributed by atoms with Crippen molar-refractivity contribution in [2.75, 3.05) is 6.61 Å². The Morgan fingerprint density at radius 2 is 1.96 bits per heavy atom. The van der Waals surface area contributed by atoms with Crippen molar-refractivity contribution in [2.45, 2.75) is 20.0 Å². The third-order valence-electron chi connectivity index (χ3n) is 3.36. The summed E-state index contributed by atoms with van der Waals surface area (Å²) in [4.78, 5) is 10.8. The molecule has 0 fully saturated rings.